The molecule has 1 aliphatic rings. The van der Waals surface area contributed by atoms with Crippen molar-refractivity contribution < 1.29 is 0 Å². The zero-order chi connectivity index (χ0) is 30.5. The minimum atomic E-state index is -0.0803. The second-order valence-electron chi connectivity index (χ2n) is 11.9. The van der Waals surface area contributed by atoms with Crippen molar-refractivity contribution in [1.29, 1.82) is 0 Å². The molecule has 0 aliphatic carbocycles. The van der Waals surface area contributed by atoms with Gasteiger partial charge in [0.05, 0.1) is 16.7 Å². The number of nitrogens with zero attached hydrogens (tertiary/aromatic N) is 1. The predicted molar refractivity (Wildman–Crippen MR) is 195 cm³/mol. The summed E-state index contributed by atoms with van der Waals surface area (Å²) in [5.41, 5.74) is 11.8. The third-order valence-electron chi connectivity index (χ3n) is 9.18. The maximum absolute atomic E-state index is 3.83. The largest absolute Gasteiger partial charge is 0.362 e. The summed E-state index contributed by atoms with van der Waals surface area (Å²) in [5, 5.41) is 12.5. The van der Waals surface area contributed by atoms with Crippen molar-refractivity contribution in [2.75, 3.05) is 10.6 Å². The second-order valence-corrected chi connectivity index (χ2v) is 11.9. The molecular formula is C43H31N3. The molecule has 8 aromatic rings. The molecule has 0 saturated heterocycles. The average molecular weight is 590 g/mol. The van der Waals surface area contributed by atoms with Crippen molar-refractivity contribution in [2.24, 2.45) is 0 Å². The lowest BCUT2D eigenvalue weighted by molar-refractivity contribution is 1.00. The van der Waals surface area contributed by atoms with Gasteiger partial charge in [0.2, 0.25) is 0 Å². The molecule has 7 aromatic carbocycles. The summed E-state index contributed by atoms with van der Waals surface area (Å²) in [7, 11) is 0. The van der Waals surface area contributed by atoms with E-state index in [1.807, 2.05) is 0 Å². The minimum Gasteiger partial charge on any atom is -0.362 e. The van der Waals surface area contributed by atoms with Gasteiger partial charge in [0.15, 0.2) is 0 Å². The van der Waals surface area contributed by atoms with Gasteiger partial charge in [-0.3, -0.25) is 0 Å². The van der Waals surface area contributed by atoms with E-state index in [1.165, 1.54) is 66.1 Å². The molecule has 218 valence electrons. The van der Waals surface area contributed by atoms with E-state index in [2.05, 4.69) is 185 Å². The first-order chi connectivity index (χ1) is 22.8. The number of anilines is 2. The Bertz CT molecular complexity index is 2430. The fourth-order valence-electron chi connectivity index (χ4n) is 7.09. The molecule has 0 radical (unpaired) electrons. The minimum absolute atomic E-state index is 0.0803. The number of hydrogen-bond donors (Lipinski definition) is 2. The highest BCUT2D eigenvalue weighted by Gasteiger charge is 2.21. The van der Waals surface area contributed by atoms with E-state index >= 15 is 0 Å². The zero-order valence-corrected chi connectivity index (χ0v) is 25.2. The summed E-state index contributed by atoms with van der Waals surface area (Å²) < 4.78 is 2.42. The SMILES string of the molecule is C1=C(c2ccccc2)c2ccccc2NC1Nc1ccccc1-c1ccc2c(c1)c1ccccc1n2-c1cccc2ccccc12. The van der Waals surface area contributed by atoms with Crippen LogP contribution in [-0.2, 0) is 0 Å². The van der Waals surface area contributed by atoms with Crippen LogP contribution in [0.4, 0.5) is 11.4 Å². The summed E-state index contributed by atoms with van der Waals surface area (Å²) in [6, 6.07) is 58.7. The molecule has 3 heteroatoms. The van der Waals surface area contributed by atoms with Crippen LogP contribution in [0.25, 0.3) is 55.0 Å². The Morgan fingerprint density at radius 1 is 0.500 bits per heavy atom. The predicted octanol–water partition coefficient (Wildman–Crippen LogP) is 10.9. The van der Waals surface area contributed by atoms with E-state index in [0.29, 0.717) is 0 Å². The molecule has 0 spiro atoms. The Morgan fingerprint density at radius 3 is 2.11 bits per heavy atom. The van der Waals surface area contributed by atoms with Crippen LogP contribution >= 0.6 is 0 Å². The topological polar surface area (TPSA) is 29.0 Å². The lowest BCUT2D eigenvalue weighted by atomic mass is 9.93. The molecule has 1 atom stereocenters. The number of benzene rings is 7. The van der Waals surface area contributed by atoms with E-state index in [4.69, 9.17) is 0 Å². The number of hydrogen-bond acceptors (Lipinski definition) is 2. The molecule has 1 aromatic heterocycles. The Kier molecular flexibility index (Phi) is 6.20. The van der Waals surface area contributed by atoms with Crippen molar-refractivity contribution in [3.05, 3.63) is 181 Å². The number of para-hydroxylation sites is 3. The molecule has 1 aliphatic heterocycles. The van der Waals surface area contributed by atoms with Crippen LogP contribution in [0.5, 0.6) is 0 Å². The molecular weight excluding hydrogens is 558 g/mol. The normalized spacial score (nSPS) is 14.2. The fraction of sp³-hybridized carbons (Fsp3) is 0.0233. The van der Waals surface area contributed by atoms with Crippen LogP contribution in [0.1, 0.15) is 11.1 Å². The maximum atomic E-state index is 3.83. The number of rotatable bonds is 5. The van der Waals surface area contributed by atoms with Gasteiger partial charge in [0.1, 0.15) is 6.17 Å². The summed E-state index contributed by atoms with van der Waals surface area (Å²) >= 11 is 0. The van der Waals surface area contributed by atoms with Gasteiger partial charge < -0.3 is 15.2 Å². The van der Waals surface area contributed by atoms with E-state index in [0.717, 1.165) is 11.4 Å². The third-order valence-corrected chi connectivity index (χ3v) is 9.18. The Labute approximate surface area is 268 Å². The quantitative estimate of drug-likeness (QED) is 0.209. The van der Waals surface area contributed by atoms with Crippen molar-refractivity contribution in [3.8, 4) is 16.8 Å². The van der Waals surface area contributed by atoms with Gasteiger partial charge in [0.25, 0.3) is 0 Å². The molecule has 46 heavy (non-hydrogen) atoms. The molecule has 3 nitrogen and oxygen atoms in total. The van der Waals surface area contributed by atoms with Gasteiger partial charge in [0, 0.05) is 38.7 Å². The lowest BCUT2D eigenvalue weighted by Gasteiger charge is -2.29. The Hall–Kier alpha value is -6.06. The Morgan fingerprint density at radius 2 is 1.20 bits per heavy atom. The van der Waals surface area contributed by atoms with Gasteiger partial charge in [-0.1, -0.05) is 127 Å². The molecule has 2 heterocycles. The van der Waals surface area contributed by atoms with Crippen molar-refractivity contribution in [3.63, 3.8) is 0 Å². The monoisotopic (exact) mass is 589 g/mol. The molecule has 1 unspecified atom stereocenters. The van der Waals surface area contributed by atoms with Crippen LogP contribution in [0.15, 0.2) is 170 Å². The van der Waals surface area contributed by atoms with Crippen LogP contribution < -0.4 is 10.6 Å². The number of aromatic nitrogens is 1. The van der Waals surface area contributed by atoms with Gasteiger partial charge >= 0.3 is 0 Å². The smallest absolute Gasteiger partial charge is 0.117 e. The van der Waals surface area contributed by atoms with Gasteiger partial charge in [-0.05, 0) is 64.6 Å². The average Bonchev–Trinajstić information content (AvgIpc) is 3.45. The lowest BCUT2D eigenvalue weighted by Crippen LogP contribution is -2.30. The maximum Gasteiger partial charge on any atom is 0.117 e. The molecule has 0 bridgehead atoms. The molecule has 0 amide bonds. The van der Waals surface area contributed by atoms with Crippen molar-refractivity contribution in [2.45, 2.75) is 6.17 Å². The van der Waals surface area contributed by atoms with Gasteiger partial charge in [-0.2, -0.15) is 0 Å². The van der Waals surface area contributed by atoms with E-state index < -0.39 is 0 Å². The second kappa shape index (κ2) is 10.8. The first-order valence-electron chi connectivity index (χ1n) is 15.8. The highest BCUT2D eigenvalue weighted by atomic mass is 15.1. The van der Waals surface area contributed by atoms with Gasteiger partial charge in [-0.15, -0.1) is 0 Å². The third kappa shape index (κ3) is 4.36. The summed E-state index contributed by atoms with van der Waals surface area (Å²) in [4.78, 5) is 0. The molecule has 0 saturated carbocycles. The van der Waals surface area contributed by atoms with E-state index in [-0.39, 0.29) is 6.17 Å². The highest BCUT2D eigenvalue weighted by Crippen LogP contribution is 2.39. The molecule has 0 fully saturated rings. The highest BCUT2D eigenvalue weighted by molar-refractivity contribution is 6.12. The first kappa shape index (κ1) is 26.4. The van der Waals surface area contributed by atoms with Crippen LogP contribution in [0, 0.1) is 0 Å². The molecule has 2 N–H and O–H groups in total. The standard InChI is InChI=1S/C43H31N3/c1-2-13-30(14-3-1)36-28-43(45-39-22-10-7-19-34(36)39)44-38-21-9-6-17-32(38)31-25-26-42-37(27-31)35-20-8-11-23-41(35)46(42)40-24-12-16-29-15-4-5-18-33(29)40/h1-28,43-45H. The summed E-state index contributed by atoms with van der Waals surface area (Å²) in [6.07, 6.45) is 2.22. The van der Waals surface area contributed by atoms with Crippen LogP contribution in [0.3, 0.4) is 0 Å². The molecule has 9 rings (SSSR count). The van der Waals surface area contributed by atoms with Crippen molar-refractivity contribution >= 4 is 49.5 Å². The van der Waals surface area contributed by atoms with Crippen molar-refractivity contribution in [1.82, 2.24) is 4.57 Å². The summed E-state index contributed by atoms with van der Waals surface area (Å²) in [5.74, 6) is 0. The van der Waals surface area contributed by atoms with E-state index in [9.17, 15) is 0 Å². The van der Waals surface area contributed by atoms with E-state index in [1.54, 1.807) is 0 Å². The zero-order valence-electron chi connectivity index (χ0n) is 25.2. The first-order valence-corrected chi connectivity index (χ1v) is 15.8. The number of nitrogens with one attached hydrogen (secondary N) is 2. The fourth-order valence-corrected chi connectivity index (χ4v) is 7.09. The van der Waals surface area contributed by atoms with Gasteiger partial charge in [-0.25, -0.2) is 0 Å². The Balaban J connectivity index is 1.15. The van der Waals surface area contributed by atoms with Crippen LogP contribution in [0.2, 0.25) is 0 Å². The summed E-state index contributed by atoms with van der Waals surface area (Å²) in [6.45, 7) is 0. The number of fused-ring (bicyclic) bond motifs is 5. The van der Waals surface area contributed by atoms with Crippen LogP contribution in [-0.4, -0.2) is 10.7 Å².